The molecule has 0 aliphatic heterocycles. The van der Waals surface area contributed by atoms with Crippen LogP contribution in [0.4, 0.5) is 0 Å². The Morgan fingerprint density at radius 1 is 1.28 bits per heavy atom. The minimum atomic E-state index is -0.0627. The van der Waals surface area contributed by atoms with Crippen molar-refractivity contribution in [1.29, 1.82) is 0 Å². The number of allylic oxidation sites excluding steroid dienone is 1. The lowest BCUT2D eigenvalue weighted by Gasteiger charge is -2.09. The Kier molecular flexibility index (Phi) is 5.06. The van der Waals surface area contributed by atoms with Gasteiger partial charge in [0, 0.05) is 0 Å². The summed E-state index contributed by atoms with van der Waals surface area (Å²) < 4.78 is 7.40. The molecule has 1 heterocycles. The molecule has 4 heteroatoms. The maximum atomic E-state index is 11.9. The molecule has 0 bridgehead atoms. The summed E-state index contributed by atoms with van der Waals surface area (Å²) in [6.45, 7) is 2.96. The molecule has 0 atom stereocenters. The minimum Gasteiger partial charge on any atom is -0.481 e. The van der Waals surface area contributed by atoms with Crippen LogP contribution in [0.25, 0.3) is 17.0 Å². The van der Waals surface area contributed by atoms with Gasteiger partial charge in [0.15, 0.2) is 0 Å². The van der Waals surface area contributed by atoms with Gasteiger partial charge in [0.2, 0.25) is 0 Å². The van der Waals surface area contributed by atoms with Crippen molar-refractivity contribution >= 4 is 17.0 Å². The van der Waals surface area contributed by atoms with Gasteiger partial charge in [-0.05, 0) is 41.8 Å². The fourth-order valence-corrected chi connectivity index (χ4v) is 2.82. The molecule has 0 saturated heterocycles. The number of fused-ring (bicyclic) bond motifs is 1. The molecule has 2 aromatic carbocycles. The molecule has 1 aromatic heterocycles. The maximum absolute atomic E-state index is 11.9. The van der Waals surface area contributed by atoms with Crippen LogP contribution < -0.4 is 10.3 Å². The number of hydrogen-bond donors (Lipinski definition) is 1. The van der Waals surface area contributed by atoms with E-state index in [2.05, 4.69) is 24.0 Å². The van der Waals surface area contributed by atoms with Crippen molar-refractivity contribution in [3.05, 3.63) is 70.0 Å². The van der Waals surface area contributed by atoms with E-state index in [1.807, 2.05) is 53.2 Å². The highest BCUT2D eigenvalue weighted by Crippen LogP contribution is 2.21. The number of aromatic nitrogens is 2. The van der Waals surface area contributed by atoms with E-state index in [-0.39, 0.29) is 12.2 Å². The van der Waals surface area contributed by atoms with Crippen LogP contribution in [0.3, 0.4) is 0 Å². The third kappa shape index (κ3) is 3.67. The molecular weight excluding hydrogens is 312 g/mol. The van der Waals surface area contributed by atoms with E-state index in [0.717, 1.165) is 28.8 Å². The number of benzene rings is 2. The summed E-state index contributed by atoms with van der Waals surface area (Å²) in [5.74, 6) is 3.31. The van der Waals surface area contributed by atoms with E-state index in [1.54, 1.807) is 0 Å². The number of rotatable bonds is 6. The van der Waals surface area contributed by atoms with Gasteiger partial charge in [-0.2, -0.15) is 0 Å². The maximum Gasteiger partial charge on any atom is 0.271 e. The first-order valence-electron chi connectivity index (χ1n) is 8.26. The van der Waals surface area contributed by atoms with Crippen molar-refractivity contribution in [1.82, 2.24) is 9.78 Å². The standard InChI is InChI=1S/C21H20N2O2/c1-3-14-25-20-12-11-16(15-17(20)4-2)8-7-13-23-19-10-6-5-9-18(19)21(24)22-23/h1,5-12,15H,4,13-14H2,2H3,(H,22,24)/b8-7+. The van der Waals surface area contributed by atoms with Crippen molar-refractivity contribution in [2.24, 2.45) is 0 Å². The number of aromatic amines is 1. The molecule has 3 aromatic rings. The highest BCUT2D eigenvalue weighted by atomic mass is 16.5. The molecule has 0 saturated carbocycles. The third-order valence-electron chi connectivity index (χ3n) is 4.05. The number of terminal acetylenes is 1. The predicted octanol–water partition coefficient (Wildman–Crippen LogP) is 3.62. The monoisotopic (exact) mass is 332 g/mol. The van der Waals surface area contributed by atoms with E-state index in [0.29, 0.717) is 11.9 Å². The number of hydrogen-bond acceptors (Lipinski definition) is 2. The molecule has 1 N–H and O–H groups in total. The third-order valence-corrected chi connectivity index (χ3v) is 4.05. The van der Waals surface area contributed by atoms with Gasteiger partial charge in [-0.3, -0.25) is 14.6 Å². The van der Waals surface area contributed by atoms with Gasteiger partial charge < -0.3 is 4.74 Å². The molecule has 126 valence electrons. The second-order valence-corrected chi connectivity index (χ2v) is 5.68. The van der Waals surface area contributed by atoms with E-state index < -0.39 is 0 Å². The van der Waals surface area contributed by atoms with Crippen LogP contribution in [-0.4, -0.2) is 16.4 Å². The van der Waals surface area contributed by atoms with Gasteiger partial charge in [0.25, 0.3) is 5.56 Å². The first-order chi connectivity index (χ1) is 12.2. The Labute approximate surface area is 146 Å². The zero-order valence-electron chi connectivity index (χ0n) is 14.2. The van der Waals surface area contributed by atoms with Crippen molar-refractivity contribution in [2.45, 2.75) is 19.9 Å². The number of ether oxygens (including phenoxy) is 1. The summed E-state index contributed by atoms with van der Waals surface area (Å²) in [5.41, 5.74) is 3.05. The first-order valence-corrected chi connectivity index (χ1v) is 8.26. The predicted molar refractivity (Wildman–Crippen MR) is 102 cm³/mol. The van der Waals surface area contributed by atoms with Gasteiger partial charge in [-0.1, -0.05) is 43.2 Å². The average Bonchev–Trinajstić information content (AvgIpc) is 2.97. The minimum absolute atomic E-state index is 0.0627. The van der Waals surface area contributed by atoms with Crippen LogP contribution in [0.15, 0.2) is 53.3 Å². The molecule has 25 heavy (non-hydrogen) atoms. The van der Waals surface area contributed by atoms with Crippen molar-refractivity contribution in [3.8, 4) is 18.1 Å². The van der Waals surface area contributed by atoms with Crippen LogP contribution in [-0.2, 0) is 13.0 Å². The molecule has 0 aliphatic rings. The highest BCUT2D eigenvalue weighted by Gasteiger charge is 2.04. The molecular formula is C21H20N2O2. The van der Waals surface area contributed by atoms with Crippen molar-refractivity contribution in [3.63, 3.8) is 0 Å². The SMILES string of the molecule is C#CCOc1ccc(/C=C/Cn2[nH]c(=O)c3ccccc32)cc1CC. The lowest BCUT2D eigenvalue weighted by molar-refractivity contribution is 0.366. The number of nitrogens with zero attached hydrogens (tertiary/aromatic N) is 1. The van der Waals surface area contributed by atoms with E-state index in [4.69, 9.17) is 11.2 Å². The Hall–Kier alpha value is -3.19. The number of para-hydroxylation sites is 1. The largest absolute Gasteiger partial charge is 0.481 e. The van der Waals surface area contributed by atoms with Crippen LogP contribution >= 0.6 is 0 Å². The van der Waals surface area contributed by atoms with Gasteiger partial charge in [0.05, 0.1) is 17.4 Å². The Morgan fingerprint density at radius 3 is 2.92 bits per heavy atom. The molecule has 0 aliphatic carbocycles. The van der Waals surface area contributed by atoms with Gasteiger partial charge in [0.1, 0.15) is 12.4 Å². The number of aryl methyl sites for hydroxylation is 1. The topological polar surface area (TPSA) is 47.0 Å². The Morgan fingerprint density at radius 2 is 2.12 bits per heavy atom. The normalized spacial score (nSPS) is 11.0. The van der Waals surface area contributed by atoms with Crippen molar-refractivity contribution in [2.75, 3.05) is 6.61 Å². The van der Waals surface area contributed by atoms with E-state index >= 15 is 0 Å². The summed E-state index contributed by atoms with van der Waals surface area (Å²) in [7, 11) is 0. The van der Waals surface area contributed by atoms with Crippen LogP contribution in [0.2, 0.25) is 0 Å². The summed E-state index contributed by atoms with van der Waals surface area (Å²) in [4.78, 5) is 11.9. The molecule has 0 radical (unpaired) electrons. The van der Waals surface area contributed by atoms with Crippen LogP contribution in [0.5, 0.6) is 5.75 Å². The van der Waals surface area contributed by atoms with E-state index in [1.165, 1.54) is 0 Å². The smallest absolute Gasteiger partial charge is 0.271 e. The molecule has 4 nitrogen and oxygen atoms in total. The quantitative estimate of drug-likeness (QED) is 0.701. The molecule has 0 unspecified atom stereocenters. The van der Waals surface area contributed by atoms with Gasteiger partial charge >= 0.3 is 0 Å². The molecule has 3 rings (SSSR count). The highest BCUT2D eigenvalue weighted by molar-refractivity contribution is 5.78. The van der Waals surface area contributed by atoms with Gasteiger partial charge in [-0.25, -0.2) is 0 Å². The molecule has 0 amide bonds. The summed E-state index contributed by atoms with van der Waals surface area (Å²) in [6.07, 6.45) is 10.2. The Bertz CT molecular complexity index is 1000. The molecule has 0 spiro atoms. The van der Waals surface area contributed by atoms with Crippen LogP contribution in [0, 0.1) is 12.3 Å². The Balaban J connectivity index is 1.78. The van der Waals surface area contributed by atoms with E-state index in [9.17, 15) is 4.79 Å². The fourth-order valence-electron chi connectivity index (χ4n) is 2.82. The second kappa shape index (κ2) is 7.59. The second-order valence-electron chi connectivity index (χ2n) is 5.68. The molecule has 0 fully saturated rings. The zero-order chi connectivity index (χ0) is 17.6. The van der Waals surface area contributed by atoms with Crippen molar-refractivity contribution < 1.29 is 4.74 Å². The summed E-state index contributed by atoms with van der Waals surface area (Å²) in [5, 5.41) is 3.57. The summed E-state index contributed by atoms with van der Waals surface area (Å²) in [6, 6.07) is 13.6. The fraction of sp³-hybridized carbons (Fsp3) is 0.190. The lowest BCUT2D eigenvalue weighted by atomic mass is 10.1. The zero-order valence-corrected chi connectivity index (χ0v) is 14.2. The van der Waals surface area contributed by atoms with Gasteiger partial charge in [-0.15, -0.1) is 6.42 Å². The summed E-state index contributed by atoms with van der Waals surface area (Å²) >= 11 is 0. The number of nitrogens with one attached hydrogen (secondary N) is 1. The average molecular weight is 332 g/mol. The lowest BCUT2D eigenvalue weighted by Crippen LogP contribution is -2.04. The first kappa shape index (κ1) is 16.7. The number of H-pyrrole nitrogens is 1. The van der Waals surface area contributed by atoms with Crippen LogP contribution in [0.1, 0.15) is 18.1 Å².